The van der Waals surface area contributed by atoms with E-state index in [4.69, 9.17) is 4.42 Å². The van der Waals surface area contributed by atoms with Crippen molar-refractivity contribution in [2.45, 2.75) is 44.8 Å². The van der Waals surface area contributed by atoms with Crippen molar-refractivity contribution in [1.82, 2.24) is 15.5 Å². The number of nitrogens with one attached hydrogen (secondary N) is 3. The fraction of sp³-hybridized carbons (Fsp3) is 0.259. The van der Waals surface area contributed by atoms with Gasteiger partial charge in [0.05, 0.1) is 19.2 Å². The van der Waals surface area contributed by atoms with Crippen LogP contribution in [0, 0.1) is 0 Å². The molecule has 0 radical (unpaired) electrons. The van der Waals surface area contributed by atoms with Gasteiger partial charge in [-0.1, -0.05) is 56.3 Å². The van der Waals surface area contributed by atoms with Crippen molar-refractivity contribution >= 4 is 29.4 Å². The summed E-state index contributed by atoms with van der Waals surface area (Å²) in [6.45, 7) is 4.17. The maximum atomic E-state index is 13.7. The summed E-state index contributed by atoms with van der Waals surface area (Å²) in [7, 11) is 0. The normalized spacial score (nSPS) is 15.8. The fourth-order valence-corrected chi connectivity index (χ4v) is 4.06. The monoisotopic (exact) mass is 488 g/mol. The van der Waals surface area contributed by atoms with Gasteiger partial charge < -0.3 is 20.0 Å². The molecular weight excluding hydrogens is 460 g/mol. The number of urea groups is 1. The van der Waals surface area contributed by atoms with Crippen molar-refractivity contribution in [1.29, 1.82) is 0 Å². The van der Waals surface area contributed by atoms with Crippen LogP contribution in [0.3, 0.4) is 0 Å². The number of carbonyl (C=O) groups excluding carboxylic acids is 4. The van der Waals surface area contributed by atoms with E-state index in [0.29, 0.717) is 22.9 Å². The summed E-state index contributed by atoms with van der Waals surface area (Å²) >= 11 is 0. The van der Waals surface area contributed by atoms with Gasteiger partial charge in [-0.25, -0.2) is 4.79 Å². The third kappa shape index (κ3) is 5.80. The molecule has 0 bridgehead atoms. The first-order valence-electron chi connectivity index (χ1n) is 11.7. The summed E-state index contributed by atoms with van der Waals surface area (Å²) in [6, 6.07) is 17.2. The van der Waals surface area contributed by atoms with Gasteiger partial charge in [-0.15, -0.1) is 0 Å². The Bertz CT molecular complexity index is 1220. The van der Waals surface area contributed by atoms with E-state index in [2.05, 4.69) is 29.8 Å². The molecule has 1 fully saturated rings. The molecule has 3 aromatic rings. The predicted molar refractivity (Wildman–Crippen MR) is 133 cm³/mol. The number of anilines is 1. The molecule has 1 aliphatic heterocycles. The van der Waals surface area contributed by atoms with Crippen LogP contribution in [0.1, 0.15) is 49.1 Å². The van der Waals surface area contributed by atoms with Gasteiger partial charge in [0.15, 0.2) is 0 Å². The van der Waals surface area contributed by atoms with Crippen molar-refractivity contribution in [3.8, 4) is 0 Å². The number of hydrogen-bond acceptors (Lipinski definition) is 5. The fourth-order valence-electron chi connectivity index (χ4n) is 4.06. The Kier molecular flexibility index (Phi) is 7.48. The van der Waals surface area contributed by atoms with Gasteiger partial charge in [-0.2, -0.15) is 0 Å². The minimum absolute atomic E-state index is 0.00656. The minimum atomic E-state index is -1.02. The number of nitrogens with zero attached hydrogens (tertiary/aromatic N) is 1. The highest BCUT2D eigenvalue weighted by atomic mass is 16.3. The predicted octanol–water partition coefficient (Wildman–Crippen LogP) is 3.71. The van der Waals surface area contributed by atoms with E-state index in [-0.39, 0.29) is 13.0 Å². The molecule has 36 heavy (non-hydrogen) atoms. The lowest BCUT2D eigenvalue weighted by Gasteiger charge is -2.31. The van der Waals surface area contributed by atoms with E-state index < -0.39 is 35.8 Å². The molecule has 3 N–H and O–H groups in total. The van der Waals surface area contributed by atoms with Crippen LogP contribution in [-0.2, 0) is 20.9 Å². The molecular formula is C27H28N4O5. The van der Waals surface area contributed by atoms with Gasteiger partial charge in [0, 0.05) is 5.69 Å². The molecule has 2 unspecified atom stereocenters. The van der Waals surface area contributed by atoms with Gasteiger partial charge in [-0.3, -0.25) is 19.7 Å². The molecule has 186 valence electrons. The minimum Gasteiger partial charge on any atom is -0.467 e. The number of rotatable bonds is 9. The third-order valence-electron chi connectivity index (χ3n) is 5.98. The summed E-state index contributed by atoms with van der Waals surface area (Å²) in [5.41, 5.74) is 2.32. The molecule has 1 aliphatic rings. The Morgan fingerprint density at radius 1 is 0.972 bits per heavy atom. The van der Waals surface area contributed by atoms with E-state index in [1.165, 1.54) is 11.2 Å². The summed E-state index contributed by atoms with van der Waals surface area (Å²) in [5.74, 6) is -0.678. The van der Waals surface area contributed by atoms with E-state index in [1.807, 2.05) is 30.3 Å². The van der Waals surface area contributed by atoms with Crippen LogP contribution in [0.4, 0.5) is 10.5 Å². The second kappa shape index (κ2) is 10.9. The Morgan fingerprint density at radius 3 is 2.28 bits per heavy atom. The standard InChI is InChI=1S/C27H28N4O5/c1-17(2)18-10-12-20(13-11-18)28-26(34)24(19-7-4-3-5-8-19)31(16-21-9-6-14-36-21)23(32)15-22-25(33)30-27(35)29-22/h3-14,17,22,24H,15-16H2,1-2H3,(H,28,34)(H2,29,30,33,35). The van der Waals surface area contributed by atoms with Crippen molar-refractivity contribution in [3.63, 3.8) is 0 Å². The average Bonchev–Trinajstić information content (AvgIpc) is 3.48. The van der Waals surface area contributed by atoms with Crippen LogP contribution in [0.5, 0.6) is 0 Å². The van der Waals surface area contributed by atoms with Crippen LogP contribution in [0.2, 0.25) is 0 Å². The zero-order chi connectivity index (χ0) is 25.7. The molecule has 0 spiro atoms. The molecule has 2 atom stereocenters. The molecule has 2 heterocycles. The van der Waals surface area contributed by atoms with Crippen LogP contribution >= 0.6 is 0 Å². The van der Waals surface area contributed by atoms with Gasteiger partial charge >= 0.3 is 6.03 Å². The number of amides is 5. The SMILES string of the molecule is CC(C)c1ccc(NC(=O)C(c2ccccc2)N(Cc2ccco2)C(=O)CC2NC(=O)NC2=O)cc1. The smallest absolute Gasteiger partial charge is 0.322 e. The summed E-state index contributed by atoms with van der Waals surface area (Å²) in [5, 5.41) is 7.49. The van der Waals surface area contributed by atoms with Crippen LogP contribution in [0.25, 0.3) is 0 Å². The summed E-state index contributed by atoms with van der Waals surface area (Å²) < 4.78 is 5.47. The lowest BCUT2D eigenvalue weighted by Crippen LogP contribution is -2.44. The molecule has 1 saturated heterocycles. The lowest BCUT2D eigenvalue weighted by atomic mass is 10.0. The zero-order valence-corrected chi connectivity index (χ0v) is 20.1. The van der Waals surface area contributed by atoms with Crippen LogP contribution in [0.15, 0.2) is 77.4 Å². The van der Waals surface area contributed by atoms with Gasteiger partial charge in [0.2, 0.25) is 5.91 Å². The van der Waals surface area contributed by atoms with E-state index in [1.54, 1.807) is 36.4 Å². The number of imide groups is 1. The van der Waals surface area contributed by atoms with E-state index in [9.17, 15) is 19.2 Å². The molecule has 9 heteroatoms. The van der Waals surface area contributed by atoms with Gasteiger partial charge in [-0.05, 0) is 41.3 Å². The molecule has 1 aromatic heterocycles. The highest BCUT2D eigenvalue weighted by Gasteiger charge is 2.37. The van der Waals surface area contributed by atoms with Crippen molar-refractivity contribution < 1.29 is 23.6 Å². The van der Waals surface area contributed by atoms with Crippen LogP contribution in [-0.4, -0.2) is 34.7 Å². The second-order valence-electron chi connectivity index (χ2n) is 8.90. The van der Waals surface area contributed by atoms with Crippen molar-refractivity contribution in [2.24, 2.45) is 0 Å². The third-order valence-corrected chi connectivity index (χ3v) is 5.98. The number of furan rings is 1. The average molecular weight is 489 g/mol. The molecule has 4 rings (SSSR count). The largest absolute Gasteiger partial charge is 0.467 e. The van der Waals surface area contributed by atoms with Crippen LogP contribution < -0.4 is 16.0 Å². The number of carbonyl (C=O) groups is 4. The van der Waals surface area contributed by atoms with E-state index in [0.717, 1.165) is 5.56 Å². The second-order valence-corrected chi connectivity index (χ2v) is 8.90. The highest BCUT2D eigenvalue weighted by molar-refractivity contribution is 6.06. The maximum absolute atomic E-state index is 13.7. The van der Waals surface area contributed by atoms with E-state index >= 15 is 0 Å². The molecule has 2 aromatic carbocycles. The first kappa shape index (κ1) is 24.7. The molecule has 0 saturated carbocycles. The summed E-state index contributed by atoms with van der Waals surface area (Å²) in [4.78, 5) is 52.2. The lowest BCUT2D eigenvalue weighted by molar-refractivity contribution is -0.141. The maximum Gasteiger partial charge on any atom is 0.322 e. The first-order valence-corrected chi connectivity index (χ1v) is 11.7. The zero-order valence-electron chi connectivity index (χ0n) is 20.1. The molecule has 0 aliphatic carbocycles. The van der Waals surface area contributed by atoms with Crippen molar-refractivity contribution in [2.75, 3.05) is 5.32 Å². The Labute approximate surface area is 208 Å². The quantitative estimate of drug-likeness (QED) is 0.397. The van der Waals surface area contributed by atoms with Gasteiger partial charge in [0.1, 0.15) is 17.8 Å². The number of hydrogen-bond donors (Lipinski definition) is 3. The molecule has 5 amide bonds. The van der Waals surface area contributed by atoms with Gasteiger partial charge in [0.25, 0.3) is 11.8 Å². The summed E-state index contributed by atoms with van der Waals surface area (Å²) in [6.07, 6.45) is 1.18. The number of benzene rings is 2. The Balaban J connectivity index is 1.65. The first-order chi connectivity index (χ1) is 17.3. The Hall–Kier alpha value is -4.40. The van der Waals surface area contributed by atoms with Crippen molar-refractivity contribution in [3.05, 3.63) is 89.9 Å². The topological polar surface area (TPSA) is 121 Å². The highest BCUT2D eigenvalue weighted by Crippen LogP contribution is 2.27. The Morgan fingerprint density at radius 2 is 1.69 bits per heavy atom. The molecule has 9 nitrogen and oxygen atoms in total.